The average molecular weight is 299 g/mol. The molecule has 1 N–H and O–H groups in total. The van der Waals surface area contributed by atoms with Gasteiger partial charge in [0.05, 0.1) is 21.1 Å². The largest absolute Gasteiger partial charge is 0.281 e. The smallest absolute Gasteiger partial charge is 0.266 e. The fourth-order valence-electron chi connectivity index (χ4n) is 1.22. The summed E-state index contributed by atoms with van der Waals surface area (Å²) in [4.78, 5) is 12.2. The standard InChI is InChI=1S/C12H8Cl2N2OS/c13-9-4-3-8(6-10(9)14)7-15-16-12(17)11-2-1-5-18-11/h1-7H,(H,16,17)/b15-7+. The van der Waals surface area contributed by atoms with Gasteiger partial charge in [-0.25, -0.2) is 5.43 Å². The van der Waals surface area contributed by atoms with Gasteiger partial charge in [-0.15, -0.1) is 11.3 Å². The molecular weight excluding hydrogens is 291 g/mol. The van der Waals surface area contributed by atoms with Gasteiger partial charge in [0.2, 0.25) is 0 Å². The maximum absolute atomic E-state index is 11.6. The second-order valence-corrected chi connectivity index (χ2v) is 5.11. The summed E-state index contributed by atoms with van der Waals surface area (Å²) in [6.45, 7) is 0. The first kappa shape index (κ1) is 13.1. The number of nitrogens with zero attached hydrogens (tertiary/aromatic N) is 1. The van der Waals surface area contributed by atoms with Gasteiger partial charge in [0.15, 0.2) is 0 Å². The summed E-state index contributed by atoms with van der Waals surface area (Å²) in [6.07, 6.45) is 1.51. The van der Waals surface area contributed by atoms with Gasteiger partial charge in [-0.05, 0) is 29.1 Å². The molecule has 2 aromatic rings. The van der Waals surface area contributed by atoms with Gasteiger partial charge in [0, 0.05) is 0 Å². The highest BCUT2D eigenvalue weighted by atomic mass is 35.5. The molecule has 2 rings (SSSR count). The van der Waals surface area contributed by atoms with Gasteiger partial charge in [-0.2, -0.15) is 5.10 Å². The maximum atomic E-state index is 11.6. The van der Waals surface area contributed by atoms with Crippen LogP contribution in [0.2, 0.25) is 10.0 Å². The highest BCUT2D eigenvalue weighted by Gasteiger charge is 2.03. The molecule has 0 unspecified atom stereocenters. The summed E-state index contributed by atoms with van der Waals surface area (Å²) in [5.41, 5.74) is 3.19. The molecular formula is C12H8Cl2N2OS. The Morgan fingerprint density at radius 3 is 2.78 bits per heavy atom. The minimum absolute atomic E-state index is 0.235. The lowest BCUT2D eigenvalue weighted by molar-refractivity contribution is 0.0959. The molecule has 6 heteroatoms. The Hall–Kier alpha value is -1.36. The van der Waals surface area contributed by atoms with E-state index in [1.54, 1.807) is 24.3 Å². The molecule has 0 spiro atoms. The van der Waals surface area contributed by atoms with Crippen molar-refractivity contribution in [2.45, 2.75) is 0 Å². The quantitative estimate of drug-likeness (QED) is 0.679. The first-order chi connectivity index (χ1) is 8.66. The summed E-state index contributed by atoms with van der Waals surface area (Å²) in [6, 6.07) is 8.64. The summed E-state index contributed by atoms with van der Waals surface area (Å²) in [5, 5.41) is 6.61. The van der Waals surface area contributed by atoms with E-state index < -0.39 is 0 Å². The average Bonchev–Trinajstić information content (AvgIpc) is 2.87. The van der Waals surface area contributed by atoms with E-state index in [1.165, 1.54) is 17.6 Å². The fourth-order valence-corrected chi connectivity index (χ4v) is 2.14. The lowest BCUT2D eigenvalue weighted by Gasteiger charge is -1.98. The number of hydrogen-bond donors (Lipinski definition) is 1. The lowest BCUT2D eigenvalue weighted by Crippen LogP contribution is -2.16. The SMILES string of the molecule is O=C(N/N=C/c1ccc(Cl)c(Cl)c1)c1cccs1. The van der Waals surface area contributed by atoms with E-state index in [1.807, 2.05) is 11.4 Å². The molecule has 0 aliphatic rings. The predicted octanol–water partition coefficient (Wildman–Crippen LogP) is 3.82. The van der Waals surface area contributed by atoms with Crippen molar-refractivity contribution in [3.8, 4) is 0 Å². The zero-order chi connectivity index (χ0) is 13.0. The first-order valence-electron chi connectivity index (χ1n) is 4.99. The van der Waals surface area contributed by atoms with Crippen molar-refractivity contribution >= 4 is 46.7 Å². The second-order valence-electron chi connectivity index (χ2n) is 3.35. The third-order valence-corrected chi connectivity index (χ3v) is 3.68. The molecule has 0 saturated heterocycles. The zero-order valence-corrected chi connectivity index (χ0v) is 11.4. The van der Waals surface area contributed by atoms with Crippen LogP contribution in [0.3, 0.4) is 0 Å². The van der Waals surface area contributed by atoms with Crippen LogP contribution < -0.4 is 5.43 Å². The second kappa shape index (κ2) is 6.00. The van der Waals surface area contributed by atoms with Crippen molar-refractivity contribution in [1.82, 2.24) is 5.43 Å². The molecule has 1 aromatic carbocycles. The summed E-state index contributed by atoms with van der Waals surface area (Å²) in [5.74, 6) is -0.235. The predicted molar refractivity (Wildman–Crippen MR) is 75.8 cm³/mol. The van der Waals surface area contributed by atoms with Gasteiger partial charge in [0.1, 0.15) is 0 Å². The molecule has 0 fully saturated rings. The molecule has 1 amide bonds. The normalized spacial score (nSPS) is 10.8. The van der Waals surface area contributed by atoms with Gasteiger partial charge < -0.3 is 0 Å². The Bertz CT molecular complexity index is 582. The van der Waals surface area contributed by atoms with E-state index in [4.69, 9.17) is 23.2 Å². The van der Waals surface area contributed by atoms with E-state index in [2.05, 4.69) is 10.5 Å². The van der Waals surface area contributed by atoms with Crippen LogP contribution >= 0.6 is 34.5 Å². The molecule has 3 nitrogen and oxygen atoms in total. The first-order valence-corrected chi connectivity index (χ1v) is 6.62. The Morgan fingerprint density at radius 2 is 2.11 bits per heavy atom. The van der Waals surface area contributed by atoms with Crippen molar-refractivity contribution in [1.29, 1.82) is 0 Å². The number of hydrazone groups is 1. The highest BCUT2D eigenvalue weighted by Crippen LogP contribution is 2.21. The summed E-state index contributed by atoms with van der Waals surface area (Å²) in [7, 11) is 0. The minimum Gasteiger partial charge on any atom is -0.266 e. The monoisotopic (exact) mass is 298 g/mol. The molecule has 1 aromatic heterocycles. The molecule has 92 valence electrons. The van der Waals surface area contributed by atoms with E-state index in [-0.39, 0.29) is 5.91 Å². The van der Waals surface area contributed by atoms with Crippen LogP contribution in [-0.2, 0) is 0 Å². The van der Waals surface area contributed by atoms with Crippen LogP contribution in [0.15, 0.2) is 40.8 Å². The minimum atomic E-state index is -0.235. The van der Waals surface area contributed by atoms with Gasteiger partial charge in [0.25, 0.3) is 5.91 Å². The number of hydrogen-bond acceptors (Lipinski definition) is 3. The number of carbonyl (C=O) groups excluding carboxylic acids is 1. The van der Waals surface area contributed by atoms with Gasteiger partial charge in [-0.1, -0.05) is 35.3 Å². The Labute approximate surface area is 118 Å². The molecule has 0 aliphatic carbocycles. The summed E-state index contributed by atoms with van der Waals surface area (Å²) < 4.78 is 0. The summed E-state index contributed by atoms with van der Waals surface area (Å²) >= 11 is 13.0. The zero-order valence-electron chi connectivity index (χ0n) is 9.06. The van der Waals surface area contributed by atoms with E-state index >= 15 is 0 Å². The van der Waals surface area contributed by atoms with E-state index in [0.717, 1.165) is 5.56 Å². The van der Waals surface area contributed by atoms with E-state index in [0.29, 0.717) is 14.9 Å². The van der Waals surface area contributed by atoms with Crippen molar-refractivity contribution in [2.24, 2.45) is 5.10 Å². The number of rotatable bonds is 3. The fraction of sp³-hybridized carbons (Fsp3) is 0. The van der Waals surface area contributed by atoms with Crippen molar-refractivity contribution in [3.05, 3.63) is 56.2 Å². The molecule has 0 atom stereocenters. The molecule has 0 saturated carbocycles. The highest BCUT2D eigenvalue weighted by molar-refractivity contribution is 7.12. The number of thiophene rings is 1. The molecule has 0 aliphatic heterocycles. The molecule has 1 heterocycles. The molecule has 18 heavy (non-hydrogen) atoms. The number of carbonyl (C=O) groups is 1. The van der Waals surface area contributed by atoms with Crippen molar-refractivity contribution in [2.75, 3.05) is 0 Å². The number of nitrogens with one attached hydrogen (secondary N) is 1. The Kier molecular flexibility index (Phi) is 4.36. The Balaban J connectivity index is 1.99. The topological polar surface area (TPSA) is 41.5 Å². The van der Waals surface area contributed by atoms with Crippen LogP contribution in [0.25, 0.3) is 0 Å². The van der Waals surface area contributed by atoms with Crippen LogP contribution in [0.4, 0.5) is 0 Å². The third-order valence-electron chi connectivity index (χ3n) is 2.07. The van der Waals surface area contributed by atoms with Crippen molar-refractivity contribution in [3.63, 3.8) is 0 Å². The number of amides is 1. The number of benzene rings is 1. The van der Waals surface area contributed by atoms with Gasteiger partial charge >= 0.3 is 0 Å². The Morgan fingerprint density at radius 1 is 1.28 bits per heavy atom. The van der Waals surface area contributed by atoms with Gasteiger partial charge in [-0.3, -0.25) is 4.79 Å². The van der Waals surface area contributed by atoms with Crippen LogP contribution in [-0.4, -0.2) is 12.1 Å². The van der Waals surface area contributed by atoms with Crippen LogP contribution in [0, 0.1) is 0 Å². The van der Waals surface area contributed by atoms with Crippen molar-refractivity contribution < 1.29 is 4.79 Å². The third kappa shape index (κ3) is 3.32. The lowest BCUT2D eigenvalue weighted by atomic mass is 10.2. The molecule has 0 radical (unpaired) electrons. The number of halogens is 2. The van der Waals surface area contributed by atoms with E-state index in [9.17, 15) is 4.79 Å². The maximum Gasteiger partial charge on any atom is 0.281 e. The molecule has 0 bridgehead atoms. The van der Waals surface area contributed by atoms with Crippen LogP contribution in [0.1, 0.15) is 15.2 Å². The van der Waals surface area contributed by atoms with Crippen LogP contribution in [0.5, 0.6) is 0 Å².